The first-order valence-corrected chi connectivity index (χ1v) is 12.6. The maximum Gasteiger partial charge on any atom is 0.405 e. The molecule has 0 amide bonds. The summed E-state index contributed by atoms with van der Waals surface area (Å²) in [5.74, 6) is -4.34. The lowest BCUT2D eigenvalue weighted by Gasteiger charge is -2.33. The van der Waals surface area contributed by atoms with Gasteiger partial charge in [0.15, 0.2) is 0 Å². The lowest BCUT2D eigenvalue weighted by Crippen LogP contribution is -2.35. The topological polar surface area (TPSA) is 114 Å². The minimum absolute atomic E-state index is 0.0191. The monoisotopic (exact) mass is 600 g/mol. The van der Waals surface area contributed by atoms with Crippen molar-refractivity contribution >= 4 is 46.8 Å². The van der Waals surface area contributed by atoms with Crippen LogP contribution in [0.4, 0.5) is 18.9 Å². The number of alkyl halides is 3. The summed E-state index contributed by atoms with van der Waals surface area (Å²) in [7, 11) is 2.23. The number of aryl methyl sites for hydroxylation is 1. The van der Waals surface area contributed by atoms with E-state index in [1.54, 1.807) is 24.3 Å². The molecule has 1 atom stereocenters. The van der Waals surface area contributed by atoms with Crippen LogP contribution in [0.25, 0.3) is 0 Å². The molecule has 1 unspecified atom stereocenters. The second-order valence-electron chi connectivity index (χ2n) is 8.66. The third-order valence-electron chi connectivity index (χ3n) is 6.10. The molecule has 0 aromatic heterocycles. The van der Waals surface area contributed by atoms with Gasteiger partial charge < -0.3 is 25.2 Å². The SMILES string of the molecule is COC(=O)C1=C(CCc2ccccc2NCC(F)(F)F)NC(CC(=O)O)=C(C(=O)OC)C1c1c(Cl)cccc1Cl. The van der Waals surface area contributed by atoms with Gasteiger partial charge in [-0.3, -0.25) is 4.79 Å². The summed E-state index contributed by atoms with van der Waals surface area (Å²) in [5, 5.41) is 15.0. The summed E-state index contributed by atoms with van der Waals surface area (Å²) in [6.07, 6.45) is -4.95. The van der Waals surface area contributed by atoms with Crippen molar-refractivity contribution in [1.82, 2.24) is 5.32 Å². The smallest absolute Gasteiger partial charge is 0.405 e. The van der Waals surface area contributed by atoms with E-state index in [4.69, 9.17) is 32.7 Å². The van der Waals surface area contributed by atoms with E-state index < -0.39 is 43.0 Å². The van der Waals surface area contributed by atoms with Crippen LogP contribution in [0.2, 0.25) is 10.0 Å². The van der Waals surface area contributed by atoms with Crippen LogP contribution in [0.1, 0.15) is 29.9 Å². The number of methoxy groups -OCH3 is 2. The summed E-state index contributed by atoms with van der Waals surface area (Å²) in [6, 6.07) is 10.9. The van der Waals surface area contributed by atoms with Crippen LogP contribution in [0.3, 0.4) is 0 Å². The molecule has 13 heteroatoms. The standard InChI is InChI=1S/C27H25Cl2F3N2O6/c1-39-25(37)22-18(11-10-14-6-3-4-9-17(14)33-13-27(30,31)32)34-19(12-20(35)36)23(26(38)40-2)24(22)21-15(28)7-5-8-16(21)29/h3-9,24,33-34H,10-13H2,1-2H3,(H,35,36). The number of aliphatic carboxylic acids is 1. The van der Waals surface area contributed by atoms with Crippen molar-refractivity contribution < 1.29 is 42.1 Å². The van der Waals surface area contributed by atoms with Gasteiger partial charge in [0, 0.05) is 32.7 Å². The Balaban J connectivity index is 2.18. The number of halogens is 5. The molecule has 8 nitrogen and oxygen atoms in total. The van der Waals surface area contributed by atoms with E-state index in [9.17, 15) is 32.7 Å². The number of benzene rings is 2. The zero-order valence-corrected chi connectivity index (χ0v) is 22.8. The number of ether oxygens (including phenoxy) is 2. The Kier molecular flexibility index (Phi) is 10.1. The fourth-order valence-corrected chi connectivity index (χ4v) is 5.06. The highest BCUT2D eigenvalue weighted by molar-refractivity contribution is 6.36. The number of rotatable bonds is 10. The molecule has 0 saturated carbocycles. The normalized spacial score (nSPS) is 15.4. The van der Waals surface area contributed by atoms with Crippen molar-refractivity contribution in [2.75, 3.05) is 26.1 Å². The van der Waals surface area contributed by atoms with Crippen LogP contribution in [0.15, 0.2) is 65.0 Å². The average molecular weight is 601 g/mol. The Morgan fingerprint density at radius 1 is 0.925 bits per heavy atom. The van der Waals surface area contributed by atoms with Crippen LogP contribution in [0.5, 0.6) is 0 Å². The van der Waals surface area contributed by atoms with E-state index >= 15 is 0 Å². The van der Waals surface area contributed by atoms with E-state index in [2.05, 4.69) is 10.6 Å². The molecule has 1 aliphatic rings. The predicted molar refractivity (Wildman–Crippen MR) is 142 cm³/mol. The number of carbonyl (C=O) groups excluding carboxylic acids is 2. The van der Waals surface area contributed by atoms with Gasteiger partial charge in [-0.15, -0.1) is 0 Å². The largest absolute Gasteiger partial charge is 0.481 e. The molecule has 2 aromatic carbocycles. The van der Waals surface area contributed by atoms with E-state index in [0.717, 1.165) is 14.2 Å². The van der Waals surface area contributed by atoms with Gasteiger partial charge in [-0.2, -0.15) is 13.2 Å². The van der Waals surface area contributed by atoms with Crippen molar-refractivity contribution in [2.24, 2.45) is 0 Å². The fraction of sp³-hybridized carbons (Fsp3) is 0.296. The van der Waals surface area contributed by atoms with Crippen molar-refractivity contribution in [3.8, 4) is 0 Å². The molecule has 3 rings (SSSR count). The van der Waals surface area contributed by atoms with Crippen molar-refractivity contribution in [3.05, 3.63) is 86.2 Å². The Hall–Kier alpha value is -3.70. The van der Waals surface area contributed by atoms with Crippen LogP contribution >= 0.6 is 23.2 Å². The van der Waals surface area contributed by atoms with Crippen LogP contribution in [-0.2, 0) is 30.3 Å². The van der Waals surface area contributed by atoms with E-state index in [0.29, 0.717) is 5.56 Å². The number of esters is 2. The molecule has 1 heterocycles. The highest BCUT2D eigenvalue weighted by Crippen LogP contribution is 2.46. The predicted octanol–water partition coefficient (Wildman–Crippen LogP) is 5.62. The van der Waals surface area contributed by atoms with Gasteiger partial charge in [-0.05, 0) is 36.6 Å². The highest BCUT2D eigenvalue weighted by atomic mass is 35.5. The Morgan fingerprint density at radius 3 is 2.05 bits per heavy atom. The third-order valence-corrected chi connectivity index (χ3v) is 6.76. The number of carboxylic acids is 1. The molecule has 1 aliphatic heterocycles. The third kappa shape index (κ3) is 7.28. The first-order chi connectivity index (χ1) is 18.9. The number of hydrogen-bond acceptors (Lipinski definition) is 7. The van der Waals surface area contributed by atoms with Gasteiger partial charge in [0.05, 0.1) is 37.7 Å². The Bertz CT molecular complexity index is 1350. The van der Waals surface area contributed by atoms with Gasteiger partial charge in [-0.1, -0.05) is 47.5 Å². The van der Waals surface area contributed by atoms with Crippen LogP contribution < -0.4 is 10.6 Å². The second-order valence-corrected chi connectivity index (χ2v) is 9.47. The Labute approximate surface area is 237 Å². The lowest BCUT2D eigenvalue weighted by molar-refractivity contribution is -0.137. The van der Waals surface area contributed by atoms with Crippen LogP contribution in [0, 0.1) is 0 Å². The number of hydrogen-bond donors (Lipinski definition) is 3. The maximum atomic E-state index is 13.2. The first-order valence-electron chi connectivity index (χ1n) is 11.8. The van der Waals surface area contributed by atoms with Gasteiger partial charge in [0.1, 0.15) is 6.54 Å². The molecular formula is C27H25Cl2F3N2O6. The molecule has 0 aliphatic carbocycles. The summed E-state index contributed by atoms with van der Waals surface area (Å²) in [6.45, 7) is -1.25. The second kappa shape index (κ2) is 13.1. The number of carboxylic acid groups (broad SMARTS) is 1. The number of dihydropyridines is 1. The lowest BCUT2D eigenvalue weighted by atomic mass is 9.78. The number of para-hydroxylation sites is 1. The number of anilines is 1. The van der Waals surface area contributed by atoms with E-state index in [1.165, 1.54) is 18.2 Å². The minimum atomic E-state index is -4.44. The first kappa shape index (κ1) is 30.8. The average Bonchev–Trinajstić information content (AvgIpc) is 2.89. The van der Waals surface area contributed by atoms with Crippen molar-refractivity contribution in [3.63, 3.8) is 0 Å². The quantitative estimate of drug-likeness (QED) is 0.301. The molecule has 2 aromatic rings. The zero-order valence-electron chi connectivity index (χ0n) is 21.3. The summed E-state index contributed by atoms with van der Waals surface area (Å²) in [5.41, 5.74) is 0.733. The van der Waals surface area contributed by atoms with Gasteiger partial charge in [0.2, 0.25) is 0 Å². The fourth-order valence-electron chi connectivity index (χ4n) is 4.44. The number of carbonyl (C=O) groups is 3. The minimum Gasteiger partial charge on any atom is -0.481 e. The number of allylic oxidation sites excluding steroid dienone is 1. The van der Waals surface area contributed by atoms with Crippen molar-refractivity contribution in [2.45, 2.75) is 31.4 Å². The number of nitrogens with one attached hydrogen (secondary N) is 2. The summed E-state index contributed by atoms with van der Waals surface area (Å²) in [4.78, 5) is 38.0. The van der Waals surface area contributed by atoms with Crippen molar-refractivity contribution in [1.29, 1.82) is 0 Å². The molecule has 40 heavy (non-hydrogen) atoms. The van der Waals surface area contributed by atoms with Gasteiger partial charge >= 0.3 is 24.1 Å². The summed E-state index contributed by atoms with van der Waals surface area (Å²) >= 11 is 13.0. The molecule has 0 fully saturated rings. The van der Waals surface area contributed by atoms with Gasteiger partial charge in [0.25, 0.3) is 0 Å². The molecule has 0 spiro atoms. The molecule has 214 valence electrons. The molecule has 0 radical (unpaired) electrons. The van der Waals surface area contributed by atoms with E-state index in [1.807, 2.05) is 0 Å². The highest BCUT2D eigenvalue weighted by Gasteiger charge is 2.41. The van der Waals surface area contributed by atoms with Gasteiger partial charge in [-0.25, -0.2) is 9.59 Å². The van der Waals surface area contributed by atoms with E-state index in [-0.39, 0.29) is 56.7 Å². The molecule has 0 bridgehead atoms. The zero-order chi connectivity index (χ0) is 29.6. The van der Waals surface area contributed by atoms with Crippen LogP contribution in [-0.4, -0.2) is 50.0 Å². The maximum absolute atomic E-state index is 13.2. The molecule has 0 saturated heterocycles. The molecule has 3 N–H and O–H groups in total. The Morgan fingerprint density at radius 2 is 1.50 bits per heavy atom. The summed E-state index contributed by atoms with van der Waals surface area (Å²) < 4.78 is 48.5. The molecular weight excluding hydrogens is 576 g/mol.